The molecule has 0 atom stereocenters. The van der Waals surface area contributed by atoms with Crippen molar-refractivity contribution in [3.8, 4) is 0 Å². The van der Waals surface area contributed by atoms with Gasteiger partial charge in [0.15, 0.2) is 0 Å². The Morgan fingerprint density at radius 1 is 1.38 bits per heavy atom. The second-order valence-electron chi connectivity index (χ2n) is 2.63. The molecule has 13 heavy (non-hydrogen) atoms. The molecule has 0 saturated carbocycles. The summed E-state index contributed by atoms with van der Waals surface area (Å²) in [5.41, 5.74) is 3.85. The molecule has 1 aromatic carbocycles. The summed E-state index contributed by atoms with van der Waals surface area (Å²) in [4.78, 5) is 10.4. The fourth-order valence-electron chi connectivity index (χ4n) is 0.803. The molecular weight excluding hydrogens is 164 g/mol. The monoisotopic (exact) mass is 174 g/mol. The van der Waals surface area contributed by atoms with Crippen molar-refractivity contribution >= 4 is 12.0 Å². The standard InChI is InChI=1S/C11H10O2/c1-9(11(12)13)7-8-10-5-3-2-4-6-10/h2-6,8H,1H3,(H,12,13). The summed E-state index contributed by atoms with van der Waals surface area (Å²) in [7, 11) is 0. The molecule has 1 aromatic rings. The van der Waals surface area contributed by atoms with Gasteiger partial charge in [0.1, 0.15) is 0 Å². The van der Waals surface area contributed by atoms with Gasteiger partial charge < -0.3 is 5.11 Å². The van der Waals surface area contributed by atoms with Crippen LogP contribution in [0.4, 0.5) is 0 Å². The molecule has 2 nitrogen and oxygen atoms in total. The van der Waals surface area contributed by atoms with Crippen LogP contribution < -0.4 is 0 Å². The molecule has 0 unspecified atom stereocenters. The molecule has 0 bridgehead atoms. The Hall–Kier alpha value is -1.79. The Morgan fingerprint density at radius 3 is 2.54 bits per heavy atom. The van der Waals surface area contributed by atoms with Crippen LogP contribution in [0.15, 0.2) is 41.6 Å². The first-order valence-corrected chi connectivity index (χ1v) is 3.92. The van der Waals surface area contributed by atoms with Gasteiger partial charge in [-0.3, -0.25) is 0 Å². The summed E-state index contributed by atoms with van der Waals surface area (Å²) in [6.45, 7) is 1.52. The van der Waals surface area contributed by atoms with Crippen LogP contribution in [0.5, 0.6) is 0 Å². The third-order valence-corrected chi connectivity index (χ3v) is 1.58. The van der Waals surface area contributed by atoms with E-state index in [-0.39, 0.29) is 5.57 Å². The van der Waals surface area contributed by atoms with Crippen LogP contribution in [0.3, 0.4) is 0 Å². The number of benzene rings is 1. The quantitative estimate of drug-likeness (QED) is 0.552. The number of carbonyl (C=O) groups is 1. The van der Waals surface area contributed by atoms with Gasteiger partial charge in [0.05, 0.1) is 5.57 Å². The lowest BCUT2D eigenvalue weighted by Gasteiger charge is -1.88. The third-order valence-electron chi connectivity index (χ3n) is 1.58. The zero-order valence-corrected chi connectivity index (χ0v) is 7.32. The van der Waals surface area contributed by atoms with Gasteiger partial charge in [-0.1, -0.05) is 30.3 Å². The number of rotatable bonds is 2. The van der Waals surface area contributed by atoms with E-state index in [1.54, 1.807) is 6.08 Å². The lowest BCUT2D eigenvalue weighted by atomic mass is 10.2. The molecular formula is C11H10O2. The first kappa shape index (κ1) is 9.30. The maximum atomic E-state index is 10.4. The second-order valence-corrected chi connectivity index (χ2v) is 2.63. The van der Waals surface area contributed by atoms with E-state index in [4.69, 9.17) is 5.11 Å². The van der Waals surface area contributed by atoms with E-state index in [0.717, 1.165) is 5.56 Å². The molecule has 0 aromatic heterocycles. The van der Waals surface area contributed by atoms with Crippen LogP contribution in [-0.4, -0.2) is 11.1 Å². The number of carboxylic acid groups (broad SMARTS) is 1. The van der Waals surface area contributed by atoms with Crippen LogP contribution >= 0.6 is 0 Å². The Balaban J connectivity index is 2.92. The van der Waals surface area contributed by atoms with Crippen molar-refractivity contribution in [2.75, 3.05) is 0 Å². The molecule has 0 aliphatic heterocycles. The lowest BCUT2D eigenvalue weighted by Crippen LogP contribution is -1.93. The Labute approximate surface area is 76.8 Å². The first-order chi connectivity index (χ1) is 6.20. The summed E-state index contributed by atoms with van der Waals surface area (Å²) in [6.07, 6.45) is 1.66. The SMILES string of the molecule is CC(=C=Cc1ccccc1)C(=O)O. The van der Waals surface area contributed by atoms with Gasteiger partial charge in [-0.15, -0.1) is 5.73 Å². The zero-order valence-electron chi connectivity index (χ0n) is 7.32. The van der Waals surface area contributed by atoms with E-state index in [0.29, 0.717) is 0 Å². The van der Waals surface area contributed by atoms with Gasteiger partial charge in [0, 0.05) is 0 Å². The molecule has 0 aliphatic rings. The van der Waals surface area contributed by atoms with Crippen molar-refractivity contribution in [2.45, 2.75) is 6.92 Å². The number of hydrogen-bond donors (Lipinski definition) is 1. The largest absolute Gasteiger partial charge is 0.477 e. The van der Waals surface area contributed by atoms with E-state index >= 15 is 0 Å². The predicted molar refractivity (Wildman–Crippen MR) is 51.2 cm³/mol. The van der Waals surface area contributed by atoms with Gasteiger partial charge in [-0.2, -0.15) is 0 Å². The second kappa shape index (κ2) is 4.29. The molecule has 1 rings (SSSR count). The van der Waals surface area contributed by atoms with Crippen molar-refractivity contribution in [1.82, 2.24) is 0 Å². The van der Waals surface area contributed by atoms with E-state index in [9.17, 15) is 4.79 Å². The van der Waals surface area contributed by atoms with Crippen LogP contribution in [0, 0.1) is 0 Å². The minimum Gasteiger partial charge on any atom is -0.477 e. The highest BCUT2D eigenvalue weighted by molar-refractivity contribution is 5.86. The summed E-state index contributed by atoms with van der Waals surface area (Å²) < 4.78 is 0. The maximum absolute atomic E-state index is 10.4. The number of aliphatic carboxylic acids is 1. The van der Waals surface area contributed by atoms with E-state index in [2.05, 4.69) is 5.73 Å². The van der Waals surface area contributed by atoms with Gasteiger partial charge in [0.25, 0.3) is 0 Å². The van der Waals surface area contributed by atoms with Crippen molar-refractivity contribution < 1.29 is 9.90 Å². The van der Waals surface area contributed by atoms with Crippen LogP contribution in [-0.2, 0) is 4.79 Å². The zero-order chi connectivity index (χ0) is 9.68. The Morgan fingerprint density at radius 2 is 2.00 bits per heavy atom. The summed E-state index contributed by atoms with van der Waals surface area (Å²) >= 11 is 0. The van der Waals surface area contributed by atoms with Crippen molar-refractivity contribution in [2.24, 2.45) is 0 Å². The highest BCUT2D eigenvalue weighted by atomic mass is 16.4. The van der Waals surface area contributed by atoms with Gasteiger partial charge in [0.2, 0.25) is 0 Å². The number of hydrogen-bond acceptors (Lipinski definition) is 1. The van der Waals surface area contributed by atoms with Gasteiger partial charge in [-0.05, 0) is 18.6 Å². The molecule has 0 radical (unpaired) electrons. The predicted octanol–water partition coefficient (Wildman–Crippen LogP) is 2.33. The van der Waals surface area contributed by atoms with Gasteiger partial charge >= 0.3 is 5.97 Å². The highest BCUT2D eigenvalue weighted by Gasteiger charge is 1.95. The van der Waals surface area contributed by atoms with E-state index in [1.807, 2.05) is 30.3 Å². The normalized spacial score (nSPS) is 8.69. The molecule has 0 fully saturated rings. The smallest absolute Gasteiger partial charge is 0.339 e. The summed E-state index contributed by atoms with van der Waals surface area (Å²) in [5.74, 6) is -0.938. The molecule has 0 amide bonds. The van der Waals surface area contributed by atoms with Crippen LogP contribution in [0.1, 0.15) is 12.5 Å². The molecule has 0 saturated heterocycles. The third kappa shape index (κ3) is 2.97. The average Bonchev–Trinajstić information content (AvgIpc) is 2.15. The molecule has 0 heterocycles. The number of carboxylic acids is 1. The van der Waals surface area contributed by atoms with Crippen molar-refractivity contribution in [1.29, 1.82) is 0 Å². The fraction of sp³-hybridized carbons (Fsp3) is 0.0909. The van der Waals surface area contributed by atoms with Crippen molar-refractivity contribution in [3.05, 3.63) is 47.2 Å². The van der Waals surface area contributed by atoms with E-state index < -0.39 is 5.97 Å². The minimum absolute atomic E-state index is 0.212. The Bertz CT molecular complexity index is 357. The van der Waals surface area contributed by atoms with E-state index in [1.165, 1.54) is 6.92 Å². The first-order valence-electron chi connectivity index (χ1n) is 3.92. The molecule has 66 valence electrons. The van der Waals surface area contributed by atoms with Gasteiger partial charge in [-0.25, -0.2) is 4.79 Å². The summed E-state index contributed by atoms with van der Waals surface area (Å²) in [6, 6.07) is 9.47. The topological polar surface area (TPSA) is 37.3 Å². The lowest BCUT2D eigenvalue weighted by molar-refractivity contribution is -0.132. The summed E-state index contributed by atoms with van der Waals surface area (Å²) in [5, 5.41) is 8.54. The molecule has 2 heteroatoms. The Kier molecular flexibility index (Phi) is 3.07. The molecule has 1 N–H and O–H groups in total. The van der Waals surface area contributed by atoms with Crippen LogP contribution in [0.25, 0.3) is 6.08 Å². The highest BCUT2D eigenvalue weighted by Crippen LogP contribution is 2.00. The maximum Gasteiger partial charge on any atom is 0.339 e. The van der Waals surface area contributed by atoms with Crippen molar-refractivity contribution in [3.63, 3.8) is 0 Å². The van der Waals surface area contributed by atoms with Crippen LogP contribution in [0.2, 0.25) is 0 Å². The fourth-order valence-corrected chi connectivity index (χ4v) is 0.803. The molecule has 0 aliphatic carbocycles. The molecule has 0 spiro atoms. The average molecular weight is 174 g/mol. The minimum atomic E-state index is -0.938.